The third kappa shape index (κ3) is 6.31. The number of hydrogen-bond acceptors (Lipinski definition) is 5. The summed E-state index contributed by atoms with van der Waals surface area (Å²) in [6.45, 7) is 4.22. The predicted molar refractivity (Wildman–Crippen MR) is 106 cm³/mol. The van der Waals surface area contributed by atoms with E-state index in [1.54, 1.807) is 17.4 Å². The molecule has 2 aromatic rings. The van der Waals surface area contributed by atoms with Gasteiger partial charge in [0.05, 0.1) is 12.1 Å². The number of halogens is 2. The Bertz CT molecular complexity index is 634. The largest absolute Gasteiger partial charge is 0.467 e. The number of carbonyl (C=O) groups is 1. The standard InChI is InChI=1S/C17H23N3O2S.2ClH/c18-8-15-7-14(12-22-15)17(21)19-9-13-3-1-5-20(10-13)11-16-4-2-6-23-16;;/h2,4,6-7,12-13H,1,3,5,8-11,18H2,(H,19,21);2*1H. The van der Waals surface area contributed by atoms with E-state index in [2.05, 4.69) is 27.7 Å². The lowest BCUT2D eigenvalue weighted by molar-refractivity contribution is 0.0930. The highest BCUT2D eigenvalue weighted by molar-refractivity contribution is 7.09. The molecular formula is C17H25Cl2N3O2S. The van der Waals surface area contributed by atoms with Crippen LogP contribution in [0.1, 0.15) is 33.8 Å². The maximum Gasteiger partial charge on any atom is 0.254 e. The molecule has 3 N–H and O–H groups in total. The van der Waals surface area contributed by atoms with E-state index in [0.29, 0.717) is 30.3 Å². The molecule has 3 heterocycles. The molecule has 3 rings (SSSR count). The number of thiophene rings is 1. The van der Waals surface area contributed by atoms with Gasteiger partial charge >= 0.3 is 0 Å². The molecule has 0 aromatic carbocycles. The summed E-state index contributed by atoms with van der Waals surface area (Å²) in [5.74, 6) is 1.06. The Balaban J connectivity index is 0.00000156. The summed E-state index contributed by atoms with van der Waals surface area (Å²) >= 11 is 1.81. The van der Waals surface area contributed by atoms with Crippen LogP contribution in [-0.4, -0.2) is 30.4 Å². The number of rotatable bonds is 6. The molecule has 140 valence electrons. The second-order valence-electron chi connectivity index (χ2n) is 6.04. The van der Waals surface area contributed by atoms with Gasteiger partial charge < -0.3 is 15.5 Å². The van der Waals surface area contributed by atoms with Gasteiger partial charge in [0.25, 0.3) is 5.91 Å². The number of nitrogens with one attached hydrogen (secondary N) is 1. The lowest BCUT2D eigenvalue weighted by Crippen LogP contribution is -2.40. The van der Waals surface area contributed by atoms with Gasteiger partial charge in [-0.1, -0.05) is 6.07 Å². The summed E-state index contributed by atoms with van der Waals surface area (Å²) in [5.41, 5.74) is 6.05. The molecule has 0 spiro atoms. The summed E-state index contributed by atoms with van der Waals surface area (Å²) in [4.78, 5) is 16.0. The first-order valence-electron chi connectivity index (χ1n) is 8.05. The Labute approximate surface area is 164 Å². The number of nitrogens with zero attached hydrogens (tertiary/aromatic N) is 1. The minimum atomic E-state index is -0.0798. The third-order valence-electron chi connectivity index (χ3n) is 4.23. The number of likely N-dealkylation sites (tertiary alicyclic amines) is 1. The van der Waals surface area contributed by atoms with Crippen LogP contribution in [0, 0.1) is 5.92 Å². The van der Waals surface area contributed by atoms with Crippen LogP contribution < -0.4 is 11.1 Å². The van der Waals surface area contributed by atoms with Crippen molar-refractivity contribution in [2.24, 2.45) is 11.7 Å². The van der Waals surface area contributed by atoms with Gasteiger partial charge in [-0.15, -0.1) is 36.2 Å². The third-order valence-corrected chi connectivity index (χ3v) is 5.09. The molecule has 1 aliphatic heterocycles. The molecule has 5 nitrogen and oxygen atoms in total. The van der Waals surface area contributed by atoms with E-state index in [1.165, 1.54) is 24.0 Å². The average molecular weight is 406 g/mol. The second kappa shape index (κ2) is 10.8. The minimum Gasteiger partial charge on any atom is -0.467 e. The van der Waals surface area contributed by atoms with Gasteiger partial charge in [0.2, 0.25) is 0 Å². The van der Waals surface area contributed by atoms with Crippen molar-refractivity contribution >= 4 is 42.1 Å². The van der Waals surface area contributed by atoms with E-state index in [9.17, 15) is 4.79 Å². The SMILES string of the molecule is Cl.Cl.NCc1cc(C(=O)NCC2CCCN(Cc3cccs3)C2)co1. The zero-order valence-corrected chi connectivity index (χ0v) is 16.4. The van der Waals surface area contributed by atoms with Crippen LogP contribution in [0.4, 0.5) is 0 Å². The van der Waals surface area contributed by atoms with Crippen LogP contribution in [0.2, 0.25) is 0 Å². The van der Waals surface area contributed by atoms with Crippen molar-refractivity contribution < 1.29 is 9.21 Å². The number of hydrogen-bond donors (Lipinski definition) is 2. The fourth-order valence-electron chi connectivity index (χ4n) is 3.03. The predicted octanol–water partition coefficient (Wildman–Crippen LogP) is 3.29. The van der Waals surface area contributed by atoms with E-state index in [0.717, 1.165) is 19.6 Å². The van der Waals surface area contributed by atoms with E-state index in [4.69, 9.17) is 10.2 Å². The van der Waals surface area contributed by atoms with Crippen molar-refractivity contribution in [2.75, 3.05) is 19.6 Å². The van der Waals surface area contributed by atoms with Gasteiger partial charge in [0, 0.05) is 24.5 Å². The Morgan fingerprint density at radius 1 is 1.44 bits per heavy atom. The smallest absolute Gasteiger partial charge is 0.254 e. The van der Waals surface area contributed by atoms with Gasteiger partial charge in [0.1, 0.15) is 12.0 Å². The molecule has 2 aromatic heterocycles. The Kier molecular flexibility index (Phi) is 9.53. The molecule has 0 saturated carbocycles. The molecule has 1 aliphatic rings. The topological polar surface area (TPSA) is 71.5 Å². The summed E-state index contributed by atoms with van der Waals surface area (Å²) in [5, 5.41) is 5.14. The first kappa shape index (κ1) is 22.0. The quantitative estimate of drug-likeness (QED) is 0.773. The van der Waals surface area contributed by atoms with Gasteiger partial charge in [-0.3, -0.25) is 9.69 Å². The lowest BCUT2D eigenvalue weighted by atomic mass is 9.98. The first-order chi connectivity index (χ1) is 11.2. The zero-order valence-electron chi connectivity index (χ0n) is 14.0. The Morgan fingerprint density at radius 2 is 2.28 bits per heavy atom. The molecule has 8 heteroatoms. The molecule has 1 saturated heterocycles. The first-order valence-corrected chi connectivity index (χ1v) is 8.93. The normalized spacial score (nSPS) is 17.4. The fourth-order valence-corrected chi connectivity index (χ4v) is 3.78. The van der Waals surface area contributed by atoms with Crippen molar-refractivity contribution in [1.29, 1.82) is 0 Å². The summed E-state index contributed by atoms with van der Waals surface area (Å²) < 4.78 is 5.21. The number of furan rings is 1. The number of nitrogens with two attached hydrogens (primary N) is 1. The van der Waals surface area contributed by atoms with Crippen LogP contribution >= 0.6 is 36.2 Å². The maximum absolute atomic E-state index is 12.1. The lowest BCUT2D eigenvalue weighted by Gasteiger charge is -2.32. The van der Waals surface area contributed by atoms with E-state index in [-0.39, 0.29) is 30.7 Å². The van der Waals surface area contributed by atoms with Crippen molar-refractivity contribution in [3.8, 4) is 0 Å². The van der Waals surface area contributed by atoms with E-state index >= 15 is 0 Å². The van der Waals surface area contributed by atoms with Crippen molar-refractivity contribution in [2.45, 2.75) is 25.9 Å². The molecule has 1 unspecified atom stereocenters. The Hall–Kier alpha value is -1.05. The molecule has 25 heavy (non-hydrogen) atoms. The maximum atomic E-state index is 12.1. The zero-order chi connectivity index (χ0) is 16.1. The van der Waals surface area contributed by atoms with Crippen molar-refractivity contribution in [3.63, 3.8) is 0 Å². The van der Waals surface area contributed by atoms with Crippen LogP contribution in [0.15, 0.2) is 34.3 Å². The molecule has 1 fully saturated rings. The molecule has 0 radical (unpaired) electrons. The van der Waals surface area contributed by atoms with Crippen molar-refractivity contribution in [3.05, 3.63) is 46.0 Å². The molecule has 0 bridgehead atoms. The summed E-state index contributed by atoms with van der Waals surface area (Å²) in [6, 6.07) is 5.99. The highest BCUT2D eigenvalue weighted by atomic mass is 35.5. The fraction of sp³-hybridized carbons (Fsp3) is 0.471. The second-order valence-corrected chi connectivity index (χ2v) is 7.07. The number of amides is 1. The molecule has 0 aliphatic carbocycles. The van der Waals surface area contributed by atoms with Gasteiger partial charge in [-0.2, -0.15) is 0 Å². The van der Waals surface area contributed by atoms with Crippen LogP contribution in [0.3, 0.4) is 0 Å². The van der Waals surface area contributed by atoms with Gasteiger partial charge in [-0.25, -0.2) is 0 Å². The number of carbonyl (C=O) groups excluding carboxylic acids is 1. The minimum absolute atomic E-state index is 0. The van der Waals surface area contributed by atoms with Gasteiger partial charge in [-0.05, 0) is 42.8 Å². The van der Waals surface area contributed by atoms with E-state index < -0.39 is 0 Å². The molecular weight excluding hydrogens is 381 g/mol. The highest BCUT2D eigenvalue weighted by Gasteiger charge is 2.21. The van der Waals surface area contributed by atoms with Crippen LogP contribution in [-0.2, 0) is 13.1 Å². The summed E-state index contributed by atoms with van der Waals surface area (Å²) in [7, 11) is 0. The van der Waals surface area contributed by atoms with Crippen molar-refractivity contribution in [1.82, 2.24) is 10.2 Å². The van der Waals surface area contributed by atoms with Gasteiger partial charge in [0.15, 0.2) is 0 Å². The average Bonchev–Trinajstić information content (AvgIpc) is 3.24. The van der Waals surface area contributed by atoms with Crippen LogP contribution in [0.5, 0.6) is 0 Å². The highest BCUT2D eigenvalue weighted by Crippen LogP contribution is 2.20. The monoisotopic (exact) mass is 405 g/mol. The molecule has 1 atom stereocenters. The van der Waals surface area contributed by atoms with Crippen LogP contribution in [0.25, 0.3) is 0 Å². The molecule has 1 amide bonds. The van der Waals surface area contributed by atoms with E-state index in [1.807, 2.05) is 0 Å². The Morgan fingerprint density at radius 3 is 2.96 bits per heavy atom. The summed E-state index contributed by atoms with van der Waals surface area (Å²) in [6.07, 6.45) is 3.83. The number of piperidine rings is 1.